The molecule has 60 valence electrons. The molecule has 0 fully saturated rings. The first kappa shape index (κ1) is 7.10. The molecule has 0 atom stereocenters. The van der Waals surface area contributed by atoms with E-state index in [1.807, 2.05) is 37.4 Å². The maximum atomic E-state index is 5.86. The van der Waals surface area contributed by atoms with Gasteiger partial charge in [0.05, 0.1) is 11.4 Å². The highest BCUT2D eigenvalue weighted by Gasteiger charge is 1.99. The molecule has 2 aromatic rings. The number of nitrogens with two attached hydrogens (primary N) is 1. The van der Waals surface area contributed by atoms with E-state index >= 15 is 0 Å². The number of rotatable bonds is 0. The van der Waals surface area contributed by atoms with Crippen molar-refractivity contribution in [2.75, 3.05) is 5.73 Å². The maximum Gasteiger partial charge on any atom is 0.0610 e. The molecule has 0 aliphatic rings. The van der Waals surface area contributed by atoms with E-state index in [1.54, 1.807) is 0 Å². The number of hydrogen-bond acceptors (Lipinski definition) is 2. The Morgan fingerprint density at radius 3 is 2.83 bits per heavy atom. The fourth-order valence-corrected chi connectivity index (χ4v) is 1.29. The molecule has 0 spiro atoms. The van der Waals surface area contributed by atoms with Crippen molar-refractivity contribution in [2.45, 2.75) is 6.92 Å². The molecule has 0 aliphatic heterocycles. The number of anilines is 1. The van der Waals surface area contributed by atoms with Crippen LogP contribution in [-0.4, -0.2) is 4.98 Å². The van der Waals surface area contributed by atoms with Gasteiger partial charge in [0.2, 0.25) is 0 Å². The first-order valence-electron chi connectivity index (χ1n) is 3.89. The van der Waals surface area contributed by atoms with E-state index < -0.39 is 0 Å². The van der Waals surface area contributed by atoms with Crippen molar-refractivity contribution >= 4 is 16.5 Å². The van der Waals surface area contributed by atoms with Gasteiger partial charge in [-0.3, -0.25) is 4.98 Å². The Hall–Kier alpha value is -1.57. The number of fused-ring (bicyclic) bond motifs is 1. The van der Waals surface area contributed by atoms with Gasteiger partial charge in [-0.2, -0.15) is 0 Å². The van der Waals surface area contributed by atoms with Crippen LogP contribution in [0.25, 0.3) is 10.8 Å². The molecule has 2 rings (SSSR count). The van der Waals surface area contributed by atoms with Gasteiger partial charge in [-0.15, -0.1) is 0 Å². The SMILES string of the molecule is Cc1ncc2ccccc2c1N. The van der Waals surface area contributed by atoms with Gasteiger partial charge in [-0.1, -0.05) is 24.3 Å². The fourth-order valence-electron chi connectivity index (χ4n) is 1.29. The lowest BCUT2D eigenvalue weighted by atomic mass is 10.1. The Morgan fingerprint density at radius 2 is 2.00 bits per heavy atom. The molecular formula is C10H10N2. The summed E-state index contributed by atoms with van der Waals surface area (Å²) in [6.07, 6.45) is 1.85. The van der Waals surface area contributed by atoms with E-state index in [0.29, 0.717) is 0 Å². The van der Waals surface area contributed by atoms with Crippen molar-refractivity contribution in [1.29, 1.82) is 0 Å². The molecule has 1 aromatic heterocycles. The Labute approximate surface area is 71.0 Å². The van der Waals surface area contributed by atoms with Crippen LogP contribution in [0, 0.1) is 6.92 Å². The van der Waals surface area contributed by atoms with Gasteiger partial charge in [0, 0.05) is 17.0 Å². The van der Waals surface area contributed by atoms with Crippen molar-refractivity contribution < 1.29 is 0 Å². The number of aromatic nitrogens is 1. The second-order valence-electron chi connectivity index (χ2n) is 2.84. The van der Waals surface area contributed by atoms with Crippen LogP contribution < -0.4 is 5.73 Å². The van der Waals surface area contributed by atoms with Gasteiger partial charge >= 0.3 is 0 Å². The smallest absolute Gasteiger partial charge is 0.0610 e. The third kappa shape index (κ3) is 0.925. The lowest BCUT2D eigenvalue weighted by Gasteiger charge is -2.02. The lowest BCUT2D eigenvalue weighted by Crippen LogP contribution is -1.93. The number of pyridine rings is 1. The summed E-state index contributed by atoms with van der Waals surface area (Å²) in [4.78, 5) is 4.18. The first-order chi connectivity index (χ1) is 5.79. The average molecular weight is 158 g/mol. The molecule has 0 aliphatic carbocycles. The Balaban J connectivity index is 2.91. The molecule has 2 nitrogen and oxygen atoms in total. The van der Waals surface area contributed by atoms with E-state index in [0.717, 1.165) is 22.2 Å². The van der Waals surface area contributed by atoms with Crippen molar-refractivity contribution in [2.24, 2.45) is 0 Å². The molecular weight excluding hydrogens is 148 g/mol. The monoisotopic (exact) mass is 158 g/mol. The zero-order chi connectivity index (χ0) is 8.55. The zero-order valence-electron chi connectivity index (χ0n) is 6.91. The van der Waals surface area contributed by atoms with Gasteiger partial charge < -0.3 is 5.73 Å². The summed E-state index contributed by atoms with van der Waals surface area (Å²) in [5, 5.41) is 2.19. The molecule has 0 amide bonds. The van der Waals surface area contributed by atoms with Gasteiger partial charge in [0.1, 0.15) is 0 Å². The molecule has 0 bridgehead atoms. The van der Waals surface area contributed by atoms with Crippen LogP contribution in [-0.2, 0) is 0 Å². The summed E-state index contributed by atoms with van der Waals surface area (Å²) in [6.45, 7) is 1.92. The quantitative estimate of drug-likeness (QED) is 0.637. The van der Waals surface area contributed by atoms with Crippen LogP contribution in [0.15, 0.2) is 30.5 Å². The van der Waals surface area contributed by atoms with Crippen LogP contribution in [0.4, 0.5) is 5.69 Å². The van der Waals surface area contributed by atoms with Gasteiger partial charge in [-0.25, -0.2) is 0 Å². The highest BCUT2D eigenvalue weighted by molar-refractivity contribution is 5.92. The third-order valence-corrected chi connectivity index (χ3v) is 2.04. The molecule has 0 saturated heterocycles. The number of benzene rings is 1. The highest BCUT2D eigenvalue weighted by Crippen LogP contribution is 2.21. The van der Waals surface area contributed by atoms with Crippen molar-refractivity contribution in [3.8, 4) is 0 Å². The minimum Gasteiger partial charge on any atom is -0.397 e. The topological polar surface area (TPSA) is 38.9 Å². The summed E-state index contributed by atoms with van der Waals surface area (Å²) >= 11 is 0. The van der Waals surface area contributed by atoms with Gasteiger partial charge in [0.15, 0.2) is 0 Å². The molecule has 0 radical (unpaired) electrons. The van der Waals surface area contributed by atoms with Gasteiger partial charge in [-0.05, 0) is 6.92 Å². The van der Waals surface area contributed by atoms with E-state index in [9.17, 15) is 0 Å². The third-order valence-electron chi connectivity index (χ3n) is 2.04. The molecule has 2 N–H and O–H groups in total. The van der Waals surface area contributed by atoms with Crippen LogP contribution in [0.3, 0.4) is 0 Å². The normalized spacial score (nSPS) is 10.4. The minimum atomic E-state index is 0.785. The molecule has 12 heavy (non-hydrogen) atoms. The van der Waals surface area contributed by atoms with Crippen LogP contribution in [0.5, 0.6) is 0 Å². The Bertz CT molecular complexity index is 421. The zero-order valence-corrected chi connectivity index (χ0v) is 6.91. The van der Waals surface area contributed by atoms with Crippen molar-refractivity contribution in [3.63, 3.8) is 0 Å². The number of aryl methyl sites for hydroxylation is 1. The Morgan fingerprint density at radius 1 is 1.25 bits per heavy atom. The van der Waals surface area contributed by atoms with Gasteiger partial charge in [0.25, 0.3) is 0 Å². The highest BCUT2D eigenvalue weighted by atomic mass is 14.7. The standard InChI is InChI=1S/C10H10N2/c1-7-10(11)9-5-3-2-4-8(9)6-12-7/h2-6H,11H2,1H3. The van der Waals surface area contributed by atoms with Crippen LogP contribution in [0.1, 0.15) is 5.69 Å². The summed E-state index contributed by atoms with van der Waals surface area (Å²) < 4.78 is 0. The predicted molar refractivity (Wildman–Crippen MR) is 50.9 cm³/mol. The van der Waals surface area contributed by atoms with Crippen molar-refractivity contribution in [1.82, 2.24) is 4.98 Å². The molecule has 1 heterocycles. The van der Waals surface area contributed by atoms with E-state index in [1.165, 1.54) is 0 Å². The van der Waals surface area contributed by atoms with E-state index in [-0.39, 0.29) is 0 Å². The fraction of sp³-hybridized carbons (Fsp3) is 0.100. The lowest BCUT2D eigenvalue weighted by molar-refractivity contribution is 1.23. The summed E-state index contributed by atoms with van der Waals surface area (Å²) in [5.74, 6) is 0. The van der Waals surface area contributed by atoms with Crippen LogP contribution >= 0.6 is 0 Å². The van der Waals surface area contributed by atoms with Crippen molar-refractivity contribution in [3.05, 3.63) is 36.2 Å². The second-order valence-corrected chi connectivity index (χ2v) is 2.84. The molecule has 0 unspecified atom stereocenters. The largest absolute Gasteiger partial charge is 0.397 e. The Kier molecular flexibility index (Phi) is 1.47. The summed E-state index contributed by atoms with van der Waals surface area (Å²) in [7, 11) is 0. The summed E-state index contributed by atoms with van der Waals surface area (Å²) in [5.41, 5.74) is 7.54. The molecule has 2 heteroatoms. The maximum absolute atomic E-state index is 5.86. The van der Waals surface area contributed by atoms with E-state index in [4.69, 9.17) is 5.73 Å². The average Bonchev–Trinajstić information content (AvgIpc) is 2.12. The number of nitrogen functional groups attached to an aromatic ring is 1. The van der Waals surface area contributed by atoms with Crippen LogP contribution in [0.2, 0.25) is 0 Å². The number of nitrogens with zero attached hydrogens (tertiary/aromatic N) is 1. The number of hydrogen-bond donors (Lipinski definition) is 1. The second kappa shape index (κ2) is 2.48. The molecule has 0 saturated carbocycles. The molecule has 1 aromatic carbocycles. The predicted octanol–water partition coefficient (Wildman–Crippen LogP) is 2.13. The first-order valence-corrected chi connectivity index (χ1v) is 3.89. The minimum absolute atomic E-state index is 0.785. The van der Waals surface area contributed by atoms with E-state index in [2.05, 4.69) is 4.98 Å². The summed E-state index contributed by atoms with van der Waals surface area (Å²) in [6, 6.07) is 7.99.